The molecule has 0 spiro atoms. The van der Waals surface area contributed by atoms with Crippen molar-refractivity contribution in [2.45, 2.75) is 64.6 Å². The lowest BCUT2D eigenvalue weighted by molar-refractivity contribution is -0.159. The van der Waals surface area contributed by atoms with Crippen LogP contribution in [0, 0.1) is 0 Å². The Kier molecular flexibility index (Phi) is 7.97. The molecular weight excluding hydrogens is 252 g/mol. The van der Waals surface area contributed by atoms with Gasteiger partial charge in [0.25, 0.3) is 0 Å². The van der Waals surface area contributed by atoms with Gasteiger partial charge in [0.2, 0.25) is 0 Å². The van der Waals surface area contributed by atoms with E-state index in [0.29, 0.717) is 6.42 Å². The highest BCUT2D eigenvalue weighted by molar-refractivity contribution is 5.74. The largest absolute Gasteiger partial charge is 0.460 e. The highest BCUT2D eigenvalue weighted by Crippen LogP contribution is 2.12. The molecule has 2 atom stereocenters. The Hall–Kier alpha value is -1.35. The zero-order valence-electron chi connectivity index (χ0n) is 12.5. The fourth-order valence-electron chi connectivity index (χ4n) is 2.13. The van der Waals surface area contributed by atoms with Crippen LogP contribution in [0.2, 0.25) is 0 Å². The van der Waals surface area contributed by atoms with E-state index in [-0.39, 0.29) is 6.10 Å². The van der Waals surface area contributed by atoms with Gasteiger partial charge in [-0.05, 0) is 24.8 Å². The van der Waals surface area contributed by atoms with Crippen LogP contribution in [0.25, 0.3) is 0 Å². The zero-order valence-corrected chi connectivity index (χ0v) is 12.5. The molecule has 0 aliphatic heterocycles. The predicted octanol–water partition coefficient (Wildman–Crippen LogP) is 3.49. The molecule has 1 aromatic rings. The second-order valence-corrected chi connectivity index (χ2v) is 5.17. The monoisotopic (exact) mass is 278 g/mol. The molecule has 0 aliphatic rings. The summed E-state index contributed by atoms with van der Waals surface area (Å²) in [6, 6.07) is 9.50. The Labute approximate surface area is 122 Å². The maximum atomic E-state index is 11.9. The van der Waals surface area contributed by atoms with Crippen molar-refractivity contribution in [2.24, 2.45) is 0 Å². The van der Waals surface area contributed by atoms with Gasteiger partial charge in [0, 0.05) is 6.42 Å². The van der Waals surface area contributed by atoms with Gasteiger partial charge in [0.15, 0.2) is 6.10 Å². The molecule has 20 heavy (non-hydrogen) atoms. The van der Waals surface area contributed by atoms with Crippen molar-refractivity contribution < 1.29 is 14.6 Å². The summed E-state index contributed by atoms with van der Waals surface area (Å²) in [5, 5.41) is 9.91. The Balaban J connectivity index is 2.39. The topological polar surface area (TPSA) is 46.5 Å². The van der Waals surface area contributed by atoms with Crippen LogP contribution in [0.3, 0.4) is 0 Å². The van der Waals surface area contributed by atoms with Gasteiger partial charge in [-0.25, -0.2) is 4.79 Å². The molecule has 0 radical (unpaired) electrons. The zero-order chi connectivity index (χ0) is 14.8. The number of aliphatic hydroxyl groups is 1. The molecule has 0 bridgehead atoms. The van der Waals surface area contributed by atoms with Crippen molar-refractivity contribution in [3.8, 4) is 0 Å². The highest BCUT2D eigenvalue weighted by atomic mass is 16.6. The van der Waals surface area contributed by atoms with Crippen molar-refractivity contribution in [1.29, 1.82) is 0 Å². The number of esters is 1. The van der Waals surface area contributed by atoms with E-state index in [1.54, 1.807) is 0 Å². The number of ether oxygens (including phenoxy) is 1. The molecule has 0 aromatic heterocycles. The van der Waals surface area contributed by atoms with E-state index in [4.69, 9.17) is 4.74 Å². The molecule has 0 amide bonds. The lowest BCUT2D eigenvalue weighted by atomic mass is 10.1. The van der Waals surface area contributed by atoms with Crippen LogP contribution in [-0.2, 0) is 16.0 Å². The van der Waals surface area contributed by atoms with E-state index in [1.807, 2.05) is 37.3 Å². The molecular formula is C17H26O3. The molecule has 1 rings (SSSR count). The van der Waals surface area contributed by atoms with Crippen molar-refractivity contribution in [2.75, 3.05) is 0 Å². The average Bonchev–Trinajstić information content (AvgIpc) is 2.47. The van der Waals surface area contributed by atoms with E-state index in [2.05, 4.69) is 6.92 Å². The van der Waals surface area contributed by atoms with Gasteiger partial charge in [-0.1, -0.05) is 57.0 Å². The molecule has 0 heterocycles. The first-order valence-corrected chi connectivity index (χ1v) is 7.59. The minimum absolute atomic E-state index is 0.0699. The number of hydrogen-bond acceptors (Lipinski definition) is 3. The number of benzene rings is 1. The molecule has 112 valence electrons. The Morgan fingerprint density at radius 2 is 1.90 bits per heavy atom. The van der Waals surface area contributed by atoms with Crippen molar-refractivity contribution in [1.82, 2.24) is 0 Å². The second-order valence-electron chi connectivity index (χ2n) is 5.17. The summed E-state index contributed by atoms with van der Waals surface area (Å²) in [4.78, 5) is 11.9. The third-order valence-corrected chi connectivity index (χ3v) is 3.41. The molecule has 3 nitrogen and oxygen atoms in total. The number of aliphatic hydroxyl groups excluding tert-OH is 1. The Morgan fingerprint density at radius 1 is 1.20 bits per heavy atom. The molecule has 0 aliphatic carbocycles. The summed E-state index contributed by atoms with van der Waals surface area (Å²) < 4.78 is 5.39. The first-order valence-electron chi connectivity index (χ1n) is 7.59. The highest BCUT2D eigenvalue weighted by Gasteiger charge is 2.20. The van der Waals surface area contributed by atoms with Crippen LogP contribution in [0.5, 0.6) is 0 Å². The first-order chi connectivity index (χ1) is 9.67. The van der Waals surface area contributed by atoms with E-state index in [9.17, 15) is 9.90 Å². The van der Waals surface area contributed by atoms with E-state index in [0.717, 1.165) is 37.7 Å². The molecule has 1 aromatic carbocycles. The Morgan fingerprint density at radius 3 is 2.50 bits per heavy atom. The normalized spacial score (nSPS) is 13.8. The number of unbranched alkanes of at least 4 members (excludes halogenated alkanes) is 2. The van der Waals surface area contributed by atoms with Crippen LogP contribution in [0.4, 0.5) is 0 Å². The summed E-state index contributed by atoms with van der Waals surface area (Å²) in [7, 11) is 0. The maximum absolute atomic E-state index is 11.9. The molecule has 0 fully saturated rings. The lowest BCUT2D eigenvalue weighted by Gasteiger charge is -2.18. The maximum Gasteiger partial charge on any atom is 0.335 e. The van der Waals surface area contributed by atoms with Crippen molar-refractivity contribution in [3.63, 3.8) is 0 Å². The summed E-state index contributed by atoms with van der Waals surface area (Å²) in [5.41, 5.74) is 0.941. The molecule has 2 unspecified atom stereocenters. The standard InChI is InChI=1S/C17H26O3/c1-3-5-7-12-15(4-2)20-17(19)16(18)13-14-10-8-6-9-11-14/h6,8-11,15-16,18H,3-5,7,12-13H2,1-2H3. The van der Waals surface area contributed by atoms with Crippen LogP contribution in [0.1, 0.15) is 51.5 Å². The van der Waals surface area contributed by atoms with Crippen molar-refractivity contribution in [3.05, 3.63) is 35.9 Å². The third kappa shape index (κ3) is 6.20. The quantitative estimate of drug-likeness (QED) is 0.555. The van der Waals surface area contributed by atoms with Gasteiger partial charge in [0.1, 0.15) is 6.10 Å². The van der Waals surface area contributed by atoms with Gasteiger partial charge in [-0.3, -0.25) is 0 Å². The van der Waals surface area contributed by atoms with Crippen LogP contribution in [0.15, 0.2) is 30.3 Å². The van der Waals surface area contributed by atoms with Gasteiger partial charge in [-0.2, -0.15) is 0 Å². The fourth-order valence-corrected chi connectivity index (χ4v) is 2.13. The SMILES string of the molecule is CCCCCC(CC)OC(=O)C(O)Cc1ccccc1. The average molecular weight is 278 g/mol. The third-order valence-electron chi connectivity index (χ3n) is 3.41. The smallest absolute Gasteiger partial charge is 0.335 e. The number of carbonyl (C=O) groups excluding carboxylic acids is 1. The lowest BCUT2D eigenvalue weighted by Crippen LogP contribution is -2.29. The molecule has 0 saturated carbocycles. The van der Waals surface area contributed by atoms with Crippen molar-refractivity contribution >= 4 is 5.97 Å². The fraction of sp³-hybridized carbons (Fsp3) is 0.588. The van der Waals surface area contributed by atoms with Gasteiger partial charge >= 0.3 is 5.97 Å². The second kappa shape index (κ2) is 9.54. The summed E-state index contributed by atoms with van der Waals surface area (Å²) in [6.07, 6.45) is 4.22. The number of rotatable bonds is 9. The predicted molar refractivity (Wildman–Crippen MR) is 80.5 cm³/mol. The van der Waals surface area contributed by atoms with Gasteiger partial charge < -0.3 is 9.84 Å². The van der Waals surface area contributed by atoms with E-state index >= 15 is 0 Å². The van der Waals surface area contributed by atoms with Gasteiger partial charge in [0.05, 0.1) is 0 Å². The number of hydrogen-bond donors (Lipinski definition) is 1. The van der Waals surface area contributed by atoms with Crippen LogP contribution in [-0.4, -0.2) is 23.3 Å². The summed E-state index contributed by atoms with van der Waals surface area (Å²) in [6.45, 7) is 4.16. The van der Waals surface area contributed by atoms with Gasteiger partial charge in [-0.15, -0.1) is 0 Å². The minimum atomic E-state index is -1.07. The minimum Gasteiger partial charge on any atom is -0.460 e. The molecule has 3 heteroatoms. The summed E-state index contributed by atoms with van der Waals surface area (Å²) in [5.74, 6) is -0.503. The van der Waals surface area contributed by atoms with Crippen LogP contribution < -0.4 is 0 Å². The van der Waals surface area contributed by atoms with E-state index < -0.39 is 12.1 Å². The summed E-state index contributed by atoms with van der Waals surface area (Å²) >= 11 is 0. The van der Waals surface area contributed by atoms with E-state index in [1.165, 1.54) is 0 Å². The first kappa shape index (κ1) is 16.7. The Bertz CT molecular complexity index is 375. The molecule has 0 saturated heterocycles. The van der Waals surface area contributed by atoms with Crippen LogP contribution >= 0.6 is 0 Å². The molecule has 1 N–H and O–H groups in total. The number of carbonyl (C=O) groups is 1.